The lowest BCUT2D eigenvalue weighted by atomic mass is 9.87. The van der Waals surface area contributed by atoms with Crippen molar-refractivity contribution in [3.8, 4) is 11.8 Å². The van der Waals surface area contributed by atoms with Crippen molar-refractivity contribution >= 4 is 28.2 Å². The van der Waals surface area contributed by atoms with Gasteiger partial charge in [-0.2, -0.15) is 15.5 Å². The highest BCUT2D eigenvalue weighted by atomic mass is 35.5. The highest BCUT2D eigenvalue weighted by Crippen LogP contribution is 2.72. The van der Waals surface area contributed by atoms with E-state index in [4.69, 9.17) is 16.3 Å². The maximum Gasteiger partial charge on any atom is 0.103 e. The number of anilines is 1. The summed E-state index contributed by atoms with van der Waals surface area (Å²) < 4.78 is 9.76. The van der Waals surface area contributed by atoms with Crippen LogP contribution in [-0.4, -0.2) is 69.4 Å². The first-order valence-corrected chi connectivity index (χ1v) is 12.1. The quantitative estimate of drug-likeness (QED) is 0.592. The minimum atomic E-state index is -0.213. The summed E-state index contributed by atoms with van der Waals surface area (Å²) in [6.07, 6.45) is 8.44. The molecular weight excluding hydrogens is 438 g/mol. The van der Waals surface area contributed by atoms with Crippen LogP contribution in [0.5, 0.6) is 0 Å². The van der Waals surface area contributed by atoms with Crippen molar-refractivity contribution in [1.82, 2.24) is 24.5 Å². The van der Waals surface area contributed by atoms with E-state index >= 15 is 0 Å². The molecule has 7 rings (SSSR count). The second-order valence-electron chi connectivity index (χ2n) is 10.3. The van der Waals surface area contributed by atoms with E-state index in [-0.39, 0.29) is 11.5 Å². The van der Waals surface area contributed by atoms with Crippen LogP contribution in [0.3, 0.4) is 0 Å². The second-order valence-corrected chi connectivity index (χ2v) is 10.7. The molecule has 33 heavy (non-hydrogen) atoms. The normalized spacial score (nSPS) is 33.3. The number of aromatic nitrogens is 4. The summed E-state index contributed by atoms with van der Waals surface area (Å²) in [5.41, 5.74) is 3.17. The maximum absolute atomic E-state index is 9.55. The van der Waals surface area contributed by atoms with Crippen LogP contribution in [-0.2, 0) is 10.3 Å². The lowest BCUT2D eigenvalue weighted by Crippen LogP contribution is -2.58. The third-order valence-electron chi connectivity index (χ3n) is 8.47. The minimum absolute atomic E-state index is 0.0830. The van der Waals surface area contributed by atoms with Crippen LogP contribution in [0, 0.1) is 23.2 Å². The Bertz CT molecular complexity index is 1290. The average Bonchev–Trinajstić information content (AvgIpc) is 3.42. The number of rotatable bonds is 4. The topological polar surface area (TPSA) is 75.1 Å². The van der Waals surface area contributed by atoms with Gasteiger partial charge in [-0.3, -0.25) is 9.58 Å². The van der Waals surface area contributed by atoms with Crippen LogP contribution in [0.1, 0.15) is 19.8 Å². The number of hydrogen-bond donors (Lipinski definition) is 0. The van der Waals surface area contributed by atoms with Crippen LogP contribution < -0.4 is 4.90 Å². The van der Waals surface area contributed by atoms with Crippen LogP contribution in [0.25, 0.3) is 16.6 Å². The second kappa shape index (κ2) is 6.72. The molecule has 170 valence electrons. The number of benzene rings is 1. The molecule has 0 radical (unpaired) electrons. The van der Waals surface area contributed by atoms with Gasteiger partial charge in [0.25, 0.3) is 0 Å². The number of fused-ring (bicyclic) bond motifs is 2. The first-order valence-electron chi connectivity index (χ1n) is 11.7. The highest BCUT2D eigenvalue weighted by molar-refractivity contribution is 6.34. The van der Waals surface area contributed by atoms with Crippen LogP contribution in [0.2, 0.25) is 5.02 Å². The summed E-state index contributed by atoms with van der Waals surface area (Å²) in [7, 11) is 0. The fourth-order valence-electron chi connectivity index (χ4n) is 5.81. The standard InChI is InChI=1S/C24H26ClN7O/c1-23(15-33-14-18(23)10-26)30-4-2-29(3-5-30)22-7-21-16(6-20(22)25)11-28-32(21)19-12-27-31(13-19)24-8-17(24)9-24/h6-7,11-13,17-18H,2-5,8-9,14-15H2,1H3/t17?,18-,23-,24?/m0/s1. The van der Waals surface area contributed by atoms with E-state index in [1.54, 1.807) is 0 Å². The van der Waals surface area contributed by atoms with E-state index in [0.29, 0.717) is 18.8 Å². The van der Waals surface area contributed by atoms with Crippen molar-refractivity contribution in [2.45, 2.75) is 30.8 Å². The Morgan fingerprint density at radius 3 is 2.67 bits per heavy atom. The van der Waals surface area contributed by atoms with Gasteiger partial charge in [0.15, 0.2) is 0 Å². The molecule has 0 N–H and O–H groups in total. The van der Waals surface area contributed by atoms with Gasteiger partial charge in [-0.05, 0) is 37.8 Å². The van der Waals surface area contributed by atoms with Gasteiger partial charge in [0, 0.05) is 31.6 Å². The number of ether oxygens (including phenoxy) is 1. The summed E-state index contributed by atoms with van der Waals surface area (Å²) in [4.78, 5) is 4.76. The lowest BCUT2D eigenvalue weighted by Gasteiger charge is -2.45. The van der Waals surface area contributed by atoms with E-state index in [1.165, 1.54) is 12.8 Å². The summed E-state index contributed by atoms with van der Waals surface area (Å²) in [6.45, 7) is 6.77. The van der Waals surface area contributed by atoms with Gasteiger partial charge in [0.2, 0.25) is 0 Å². The Balaban J connectivity index is 1.15. The van der Waals surface area contributed by atoms with Crippen LogP contribution in [0.4, 0.5) is 5.69 Å². The molecule has 2 saturated heterocycles. The van der Waals surface area contributed by atoms with Crippen molar-refractivity contribution in [2.75, 3.05) is 44.3 Å². The first kappa shape index (κ1) is 19.8. The highest BCUT2D eigenvalue weighted by Gasteiger charge is 2.72. The van der Waals surface area contributed by atoms with Crippen molar-refractivity contribution in [3.05, 3.63) is 35.7 Å². The molecule has 3 aromatic rings. The molecule has 0 bridgehead atoms. The van der Waals surface area contributed by atoms with E-state index in [2.05, 4.69) is 49.9 Å². The zero-order chi connectivity index (χ0) is 22.4. The minimum Gasteiger partial charge on any atom is -0.378 e. The molecule has 2 aliphatic heterocycles. The van der Waals surface area contributed by atoms with E-state index < -0.39 is 0 Å². The molecule has 8 nitrogen and oxygen atoms in total. The molecule has 1 aromatic carbocycles. The third-order valence-corrected chi connectivity index (χ3v) is 8.78. The van der Waals surface area contributed by atoms with Gasteiger partial charge in [0.05, 0.1) is 71.1 Å². The molecule has 0 spiro atoms. The Morgan fingerprint density at radius 1 is 1.15 bits per heavy atom. The average molecular weight is 464 g/mol. The predicted molar refractivity (Wildman–Crippen MR) is 125 cm³/mol. The molecule has 4 aliphatic rings. The van der Waals surface area contributed by atoms with E-state index in [9.17, 15) is 5.26 Å². The largest absolute Gasteiger partial charge is 0.378 e. The van der Waals surface area contributed by atoms with Crippen molar-refractivity contribution < 1.29 is 4.74 Å². The van der Waals surface area contributed by atoms with Gasteiger partial charge >= 0.3 is 0 Å². The zero-order valence-corrected chi connectivity index (χ0v) is 19.4. The zero-order valence-electron chi connectivity index (χ0n) is 18.6. The number of hydrogen-bond acceptors (Lipinski definition) is 6. The van der Waals surface area contributed by atoms with Gasteiger partial charge in [0.1, 0.15) is 5.69 Å². The maximum atomic E-state index is 9.55. The molecule has 0 amide bonds. The van der Waals surface area contributed by atoms with Gasteiger partial charge < -0.3 is 9.64 Å². The molecule has 2 aromatic heterocycles. The monoisotopic (exact) mass is 463 g/mol. The number of nitriles is 1. The number of nitrogens with zero attached hydrogens (tertiary/aromatic N) is 7. The van der Waals surface area contributed by atoms with Crippen molar-refractivity contribution in [3.63, 3.8) is 0 Å². The summed E-state index contributed by atoms with van der Waals surface area (Å²) in [5.74, 6) is 0.755. The van der Waals surface area contributed by atoms with Gasteiger partial charge in [-0.15, -0.1) is 0 Å². The molecular formula is C24H26ClN7O. The fraction of sp³-hybridized carbons (Fsp3) is 0.542. The lowest BCUT2D eigenvalue weighted by molar-refractivity contribution is 0.0655. The van der Waals surface area contributed by atoms with Gasteiger partial charge in [-0.1, -0.05) is 11.6 Å². The third kappa shape index (κ3) is 2.82. The molecule has 9 heteroatoms. The summed E-state index contributed by atoms with van der Waals surface area (Å²) in [6, 6.07) is 6.62. The van der Waals surface area contributed by atoms with Crippen molar-refractivity contribution in [2.24, 2.45) is 11.8 Å². The van der Waals surface area contributed by atoms with Crippen LogP contribution >= 0.6 is 11.6 Å². The number of halogens is 1. The van der Waals surface area contributed by atoms with E-state index in [0.717, 1.165) is 59.4 Å². The molecule has 0 unspecified atom stereocenters. The Labute approximate surface area is 197 Å². The Hall–Kier alpha value is -2.60. The molecule has 4 fully saturated rings. The van der Waals surface area contributed by atoms with Crippen LogP contribution in [0.15, 0.2) is 30.7 Å². The van der Waals surface area contributed by atoms with Crippen molar-refractivity contribution in [1.29, 1.82) is 5.26 Å². The Morgan fingerprint density at radius 2 is 1.94 bits per heavy atom. The molecule has 2 atom stereocenters. The molecule has 2 aliphatic carbocycles. The van der Waals surface area contributed by atoms with Gasteiger partial charge in [-0.25, -0.2) is 4.68 Å². The fourth-order valence-corrected chi connectivity index (χ4v) is 6.10. The molecule has 4 heterocycles. The first-order chi connectivity index (χ1) is 16.0. The molecule has 2 saturated carbocycles. The smallest absolute Gasteiger partial charge is 0.103 e. The Kier molecular flexibility index (Phi) is 4.04. The van der Waals surface area contributed by atoms with E-state index in [1.807, 2.05) is 23.1 Å². The summed E-state index contributed by atoms with van der Waals surface area (Å²) in [5, 5.41) is 20.6. The summed E-state index contributed by atoms with van der Waals surface area (Å²) >= 11 is 6.73. The SMILES string of the molecule is C[C@]1(N2CCN(c3cc4c(cnn4-c4cnn(C56CC5C6)c4)cc3Cl)CC2)COC[C@@H]1C#N. The predicted octanol–water partition coefficient (Wildman–Crippen LogP) is 3.04. The number of piperazine rings is 1.